The monoisotopic (exact) mass is 370 g/mol. The van der Waals surface area contributed by atoms with Gasteiger partial charge in [-0.25, -0.2) is 0 Å². The van der Waals surface area contributed by atoms with Gasteiger partial charge in [0.15, 0.2) is 0 Å². The Bertz CT molecular complexity index is 778. The van der Waals surface area contributed by atoms with Crippen LogP contribution in [0, 0.1) is 19.8 Å². The molecule has 0 saturated heterocycles. The van der Waals surface area contributed by atoms with Gasteiger partial charge in [0.1, 0.15) is 0 Å². The van der Waals surface area contributed by atoms with Crippen LogP contribution in [0.1, 0.15) is 54.1 Å². The Morgan fingerprint density at radius 2 is 1.81 bits per heavy atom. The number of rotatable bonds is 8. The summed E-state index contributed by atoms with van der Waals surface area (Å²) in [6, 6.07) is 12.0. The number of esters is 1. The summed E-state index contributed by atoms with van der Waals surface area (Å²) in [5, 5.41) is 2.93. The number of ether oxygens (including phenoxy) is 1. The number of hydrogen-bond acceptors (Lipinski definition) is 3. The highest BCUT2D eigenvalue weighted by Gasteiger charge is 2.23. The van der Waals surface area contributed by atoms with Crippen molar-refractivity contribution in [3.8, 4) is 0 Å². The molecule has 2 aromatic rings. The average Bonchev–Trinajstić information content (AvgIpc) is 2.93. The number of nitrogens with one attached hydrogen (secondary N) is 1. The van der Waals surface area contributed by atoms with Crippen molar-refractivity contribution in [2.75, 3.05) is 13.2 Å². The standard InChI is InChI=1S/C22H30N2O3/c1-6-27-22(26)19(13-18-10-8-7-9-11-18)14-23-21(25)20-12-16(4)24(15(2)3)17(20)5/h7-12,15,19H,6,13-14H2,1-5H3,(H,23,25). The van der Waals surface area contributed by atoms with Crippen molar-refractivity contribution in [3.05, 3.63) is 58.9 Å². The van der Waals surface area contributed by atoms with E-state index in [0.29, 0.717) is 18.6 Å². The van der Waals surface area contributed by atoms with Gasteiger partial charge in [0.25, 0.3) is 5.91 Å². The van der Waals surface area contributed by atoms with Crippen LogP contribution in [0.4, 0.5) is 0 Å². The molecule has 2 rings (SSSR count). The maximum atomic E-state index is 12.7. The van der Waals surface area contributed by atoms with Gasteiger partial charge < -0.3 is 14.6 Å². The minimum atomic E-state index is -0.412. The topological polar surface area (TPSA) is 60.3 Å². The molecule has 0 radical (unpaired) electrons. The number of carbonyl (C=O) groups is 2. The summed E-state index contributed by atoms with van der Waals surface area (Å²) in [7, 11) is 0. The zero-order valence-corrected chi connectivity index (χ0v) is 16.9. The van der Waals surface area contributed by atoms with E-state index in [2.05, 4.69) is 23.7 Å². The molecule has 0 aliphatic carbocycles. The van der Waals surface area contributed by atoms with E-state index in [1.807, 2.05) is 50.2 Å². The number of aromatic nitrogens is 1. The minimum Gasteiger partial charge on any atom is -0.466 e. The van der Waals surface area contributed by atoms with Gasteiger partial charge in [-0.05, 0) is 52.7 Å². The van der Waals surface area contributed by atoms with Gasteiger partial charge in [-0.3, -0.25) is 9.59 Å². The van der Waals surface area contributed by atoms with Crippen LogP contribution in [0.25, 0.3) is 0 Å². The van der Waals surface area contributed by atoms with Crippen LogP contribution in [0.2, 0.25) is 0 Å². The Morgan fingerprint density at radius 1 is 1.15 bits per heavy atom. The number of aryl methyl sites for hydroxylation is 1. The number of carbonyl (C=O) groups excluding carboxylic acids is 2. The summed E-state index contributed by atoms with van der Waals surface area (Å²) in [6.07, 6.45) is 0.533. The van der Waals surface area contributed by atoms with Gasteiger partial charge in [0.2, 0.25) is 0 Å². The number of nitrogens with zero attached hydrogens (tertiary/aromatic N) is 1. The molecule has 27 heavy (non-hydrogen) atoms. The van der Waals surface area contributed by atoms with Crippen molar-refractivity contribution < 1.29 is 14.3 Å². The average molecular weight is 370 g/mol. The quantitative estimate of drug-likeness (QED) is 0.718. The molecule has 0 aliphatic heterocycles. The smallest absolute Gasteiger partial charge is 0.311 e. The van der Waals surface area contributed by atoms with Crippen molar-refractivity contribution in [2.45, 2.75) is 47.1 Å². The van der Waals surface area contributed by atoms with Crippen LogP contribution >= 0.6 is 0 Å². The maximum Gasteiger partial charge on any atom is 0.311 e. The van der Waals surface area contributed by atoms with Gasteiger partial charge in [0, 0.05) is 24.0 Å². The summed E-state index contributed by atoms with van der Waals surface area (Å²) in [5.74, 6) is -0.850. The third kappa shape index (κ3) is 5.22. The SMILES string of the molecule is CCOC(=O)C(CNC(=O)c1cc(C)n(C(C)C)c1C)Cc1ccccc1. The molecule has 0 spiro atoms. The van der Waals surface area contributed by atoms with E-state index in [0.717, 1.165) is 17.0 Å². The summed E-state index contributed by atoms with van der Waals surface area (Å²) >= 11 is 0. The van der Waals surface area contributed by atoms with E-state index in [1.165, 1.54) is 0 Å². The molecule has 5 heteroatoms. The lowest BCUT2D eigenvalue weighted by molar-refractivity contribution is -0.147. The second-order valence-electron chi connectivity index (χ2n) is 7.10. The molecular weight excluding hydrogens is 340 g/mol. The third-order valence-electron chi connectivity index (χ3n) is 4.70. The second kappa shape index (κ2) is 9.40. The molecule has 1 N–H and O–H groups in total. The van der Waals surface area contributed by atoms with E-state index in [1.54, 1.807) is 6.92 Å². The fourth-order valence-electron chi connectivity index (χ4n) is 3.51. The van der Waals surface area contributed by atoms with Gasteiger partial charge in [0.05, 0.1) is 18.1 Å². The first-order valence-corrected chi connectivity index (χ1v) is 9.52. The molecule has 1 heterocycles. The zero-order valence-electron chi connectivity index (χ0n) is 16.9. The highest BCUT2D eigenvalue weighted by Crippen LogP contribution is 2.20. The van der Waals surface area contributed by atoms with Crippen LogP contribution in [0.3, 0.4) is 0 Å². The van der Waals surface area contributed by atoms with Crippen molar-refractivity contribution in [1.82, 2.24) is 9.88 Å². The van der Waals surface area contributed by atoms with Crippen LogP contribution in [-0.4, -0.2) is 29.6 Å². The molecule has 1 amide bonds. The first-order chi connectivity index (χ1) is 12.8. The van der Waals surface area contributed by atoms with Gasteiger partial charge in [-0.2, -0.15) is 0 Å². The van der Waals surface area contributed by atoms with E-state index in [4.69, 9.17) is 4.74 Å². The molecule has 146 valence electrons. The van der Waals surface area contributed by atoms with Crippen molar-refractivity contribution in [3.63, 3.8) is 0 Å². The molecule has 1 aromatic heterocycles. The van der Waals surface area contributed by atoms with Crippen molar-refractivity contribution in [2.24, 2.45) is 5.92 Å². The van der Waals surface area contributed by atoms with Crippen LogP contribution in [0.15, 0.2) is 36.4 Å². The second-order valence-corrected chi connectivity index (χ2v) is 7.10. The van der Waals surface area contributed by atoms with E-state index < -0.39 is 5.92 Å². The first kappa shape index (κ1) is 20.7. The molecule has 0 aliphatic rings. The van der Waals surface area contributed by atoms with Crippen molar-refractivity contribution in [1.29, 1.82) is 0 Å². The minimum absolute atomic E-state index is 0.155. The van der Waals surface area contributed by atoms with Crippen LogP contribution < -0.4 is 5.32 Å². The Hall–Kier alpha value is -2.56. The third-order valence-corrected chi connectivity index (χ3v) is 4.70. The molecule has 1 atom stereocenters. The fourth-order valence-corrected chi connectivity index (χ4v) is 3.51. The Kier molecular flexibility index (Phi) is 7.22. The fraction of sp³-hybridized carbons (Fsp3) is 0.455. The molecular formula is C22H30N2O3. The summed E-state index contributed by atoms with van der Waals surface area (Å²) in [4.78, 5) is 25.0. The molecule has 5 nitrogen and oxygen atoms in total. The lowest BCUT2D eigenvalue weighted by Crippen LogP contribution is -2.35. The molecule has 0 fully saturated rings. The lowest BCUT2D eigenvalue weighted by Gasteiger charge is -2.17. The predicted molar refractivity (Wildman–Crippen MR) is 107 cm³/mol. The van der Waals surface area contributed by atoms with Gasteiger partial charge in [-0.1, -0.05) is 30.3 Å². The highest BCUT2D eigenvalue weighted by atomic mass is 16.5. The van der Waals surface area contributed by atoms with Crippen molar-refractivity contribution >= 4 is 11.9 Å². The first-order valence-electron chi connectivity index (χ1n) is 9.52. The molecule has 0 bridgehead atoms. The Balaban J connectivity index is 2.11. The lowest BCUT2D eigenvalue weighted by atomic mass is 9.99. The van der Waals surface area contributed by atoms with E-state index >= 15 is 0 Å². The molecule has 1 unspecified atom stereocenters. The predicted octanol–water partition coefficient (Wildman–Crippen LogP) is 3.84. The highest BCUT2D eigenvalue weighted by molar-refractivity contribution is 5.96. The summed E-state index contributed by atoms with van der Waals surface area (Å²) in [6.45, 7) is 10.5. The van der Waals surface area contributed by atoms with Gasteiger partial charge in [-0.15, -0.1) is 0 Å². The molecule has 1 aromatic carbocycles. The van der Waals surface area contributed by atoms with E-state index in [9.17, 15) is 9.59 Å². The Labute approximate surface area is 161 Å². The number of amides is 1. The van der Waals surface area contributed by atoms with Crippen LogP contribution in [0.5, 0.6) is 0 Å². The van der Waals surface area contributed by atoms with Crippen LogP contribution in [-0.2, 0) is 16.0 Å². The summed E-state index contributed by atoms with van der Waals surface area (Å²) in [5.41, 5.74) is 3.70. The number of benzene rings is 1. The summed E-state index contributed by atoms with van der Waals surface area (Å²) < 4.78 is 7.34. The van der Waals surface area contributed by atoms with E-state index in [-0.39, 0.29) is 24.5 Å². The maximum absolute atomic E-state index is 12.7. The number of hydrogen-bond donors (Lipinski definition) is 1. The molecule has 0 saturated carbocycles. The van der Waals surface area contributed by atoms with Gasteiger partial charge >= 0.3 is 5.97 Å². The normalized spacial score (nSPS) is 12.1. The largest absolute Gasteiger partial charge is 0.466 e. The Morgan fingerprint density at radius 3 is 2.37 bits per heavy atom. The zero-order chi connectivity index (χ0) is 20.0.